The van der Waals surface area contributed by atoms with E-state index in [0.29, 0.717) is 18.2 Å². The minimum atomic E-state index is -0.0189. The topological polar surface area (TPSA) is 61.0 Å². The molecule has 0 bridgehead atoms. The minimum absolute atomic E-state index is 0.0189. The van der Waals surface area contributed by atoms with Crippen LogP contribution in [0.25, 0.3) is 0 Å². The molecular weight excluding hydrogens is 300 g/mol. The van der Waals surface area contributed by atoms with E-state index in [4.69, 9.17) is 0 Å². The Labute approximate surface area is 142 Å². The van der Waals surface area contributed by atoms with Crippen LogP contribution in [0.1, 0.15) is 49.3 Å². The van der Waals surface area contributed by atoms with Crippen molar-refractivity contribution in [3.63, 3.8) is 0 Å². The van der Waals surface area contributed by atoms with Gasteiger partial charge in [0.05, 0.1) is 6.42 Å². The molecule has 1 saturated carbocycles. The van der Waals surface area contributed by atoms with Gasteiger partial charge in [0.1, 0.15) is 0 Å². The molecule has 0 radical (unpaired) electrons. The molecule has 0 atom stereocenters. The number of hydrogen-bond donors (Lipinski definition) is 2. The van der Waals surface area contributed by atoms with E-state index < -0.39 is 0 Å². The highest BCUT2D eigenvalue weighted by atomic mass is 16.1. The van der Waals surface area contributed by atoms with Gasteiger partial charge in [-0.1, -0.05) is 12.1 Å². The van der Waals surface area contributed by atoms with Gasteiger partial charge in [0, 0.05) is 36.5 Å². The van der Waals surface area contributed by atoms with Crippen LogP contribution in [0.4, 0.5) is 11.5 Å². The minimum Gasteiger partial charge on any atom is -0.372 e. The number of benzene rings is 1. The highest BCUT2D eigenvalue weighted by molar-refractivity contribution is 5.91. The van der Waals surface area contributed by atoms with Crippen LogP contribution in [-0.2, 0) is 11.2 Å². The predicted octanol–water partition coefficient (Wildman–Crippen LogP) is 3.46. The standard InChI is InChI=1S/C19H24N4O/c24-19(20-18-13-17(21-22-18)15-6-7-15)12-14-4-8-16(9-5-14)23-10-2-1-3-11-23/h4-5,8-9,13,15H,1-3,6-7,10-12H2,(H2,20,21,22,24). The van der Waals surface area contributed by atoms with Crippen molar-refractivity contribution in [3.8, 4) is 0 Å². The normalized spacial score (nSPS) is 17.8. The zero-order valence-corrected chi connectivity index (χ0v) is 13.9. The second-order valence-electron chi connectivity index (χ2n) is 6.92. The fourth-order valence-corrected chi connectivity index (χ4v) is 3.35. The maximum Gasteiger partial charge on any atom is 0.229 e. The number of amides is 1. The number of carbonyl (C=O) groups is 1. The second-order valence-corrected chi connectivity index (χ2v) is 6.92. The Balaban J connectivity index is 1.32. The zero-order chi connectivity index (χ0) is 16.4. The number of nitrogens with zero attached hydrogens (tertiary/aromatic N) is 2. The average Bonchev–Trinajstić information content (AvgIpc) is 3.36. The van der Waals surface area contributed by atoms with Crippen molar-refractivity contribution in [1.29, 1.82) is 0 Å². The number of aromatic nitrogens is 2. The zero-order valence-electron chi connectivity index (χ0n) is 13.9. The van der Waals surface area contributed by atoms with E-state index in [2.05, 4.69) is 44.7 Å². The van der Waals surface area contributed by atoms with Gasteiger partial charge in [0.25, 0.3) is 0 Å². The first-order valence-corrected chi connectivity index (χ1v) is 8.97. The fraction of sp³-hybridized carbons (Fsp3) is 0.474. The maximum absolute atomic E-state index is 12.2. The van der Waals surface area contributed by atoms with E-state index in [1.165, 1.54) is 37.8 Å². The van der Waals surface area contributed by atoms with E-state index >= 15 is 0 Å². The van der Waals surface area contributed by atoms with Gasteiger partial charge >= 0.3 is 0 Å². The Morgan fingerprint density at radius 2 is 1.92 bits per heavy atom. The molecule has 2 aromatic rings. The smallest absolute Gasteiger partial charge is 0.229 e. The van der Waals surface area contributed by atoms with Crippen molar-refractivity contribution in [2.45, 2.75) is 44.4 Å². The fourth-order valence-electron chi connectivity index (χ4n) is 3.35. The van der Waals surface area contributed by atoms with E-state index in [1.807, 2.05) is 6.07 Å². The van der Waals surface area contributed by atoms with Crippen molar-refractivity contribution in [3.05, 3.63) is 41.6 Å². The number of aromatic amines is 1. The lowest BCUT2D eigenvalue weighted by Crippen LogP contribution is -2.29. The third-order valence-electron chi connectivity index (χ3n) is 4.90. The van der Waals surface area contributed by atoms with Crippen LogP contribution >= 0.6 is 0 Å². The van der Waals surface area contributed by atoms with Gasteiger partial charge in [0.15, 0.2) is 5.82 Å². The molecule has 1 aromatic carbocycles. The Bertz CT molecular complexity index is 696. The Hall–Kier alpha value is -2.30. The number of nitrogens with one attached hydrogen (secondary N) is 2. The SMILES string of the molecule is O=C(Cc1ccc(N2CCCCC2)cc1)Nc1cc(C2CC2)[nH]n1. The number of anilines is 2. The molecule has 1 amide bonds. The van der Waals surface area contributed by atoms with Gasteiger partial charge in [-0.25, -0.2) is 0 Å². The van der Waals surface area contributed by atoms with Crippen LogP contribution in [0, 0.1) is 0 Å². The van der Waals surface area contributed by atoms with Crippen molar-refractivity contribution in [2.24, 2.45) is 0 Å². The molecule has 1 aliphatic heterocycles. The van der Waals surface area contributed by atoms with Gasteiger partial charge in [0.2, 0.25) is 5.91 Å². The molecule has 2 aliphatic rings. The lowest BCUT2D eigenvalue weighted by molar-refractivity contribution is -0.115. The average molecular weight is 324 g/mol. The molecule has 5 heteroatoms. The quantitative estimate of drug-likeness (QED) is 0.885. The van der Waals surface area contributed by atoms with Crippen LogP contribution in [0.5, 0.6) is 0 Å². The first-order chi connectivity index (χ1) is 11.8. The third kappa shape index (κ3) is 3.61. The monoisotopic (exact) mass is 324 g/mol. The number of hydrogen-bond acceptors (Lipinski definition) is 3. The maximum atomic E-state index is 12.2. The summed E-state index contributed by atoms with van der Waals surface area (Å²) < 4.78 is 0. The summed E-state index contributed by atoms with van der Waals surface area (Å²) in [5, 5.41) is 10.1. The summed E-state index contributed by atoms with van der Waals surface area (Å²) in [6, 6.07) is 10.3. The highest BCUT2D eigenvalue weighted by Crippen LogP contribution is 2.39. The highest BCUT2D eigenvalue weighted by Gasteiger charge is 2.25. The molecule has 4 rings (SSSR count). The first kappa shape index (κ1) is 15.2. The number of H-pyrrole nitrogens is 1. The van der Waals surface area contributed by atoms with Gasteiger partial charge in [-0.15, -0.1) is 0 Å². The molecule has 2 N–H and O–H groups in total. The second kappa shape index (κ2) is 6.67. The summed E-state index contributed by atoms with van der Waals surface area (Å²) in [5.41, 5.74) is 3.43. The first-order valence-electron chi connectivity index (χ1n) is 8.97. The van der Waals surface area contributed by atoms with Crippen LogP contribution in [0.15, 0.2) is 30.3 Å². The summed E-state index contributed by atoms with van der Waals surface area (Å²) in [6.07, 6.45) is 6.71. The molecule has 0 unspecified atom stereocenters. The van der Waals surface area contributed by atoms with E-state index in [-0.39, 0.29) is 5.91 Å². The van der Waals surface area contributed by atoms with Gasteiger partial charge in [-0.2, -0.15) is 5.10 Å². The van der Waals surface area contributed by atoms with Crippen LogP contribution in [0.3, 0.4) is 0 Å². The summed E-state index contributed by atoms with van der Waals surface area (Å²) in [5.74, 6) is 1.23. The molecule has 1 aromatic heterocycles. The van der Waals surface area contributed by atoms with E-state index in [9.17, 15) is 4.79 Å². The molecular formula is C19H24N4O. The molecule has 1 aliphatic carbocycles. The largest absolute Gasteiger partial charge is 0.372 e. The third-order valence-corrected chi connectivity index (χ3v) is 4.90. The van der Waals surface area contributed by atoms with Crippen LogP contribution in [-0.4, -0.2) is 29.2 Å². The van der Waals surface area contributed by atoms with Crippen molar-refractivity contribution < 1.29 is 4.79 Å². The summed E-state index contributed by atoms with van der Waals surface area (Å²) in [7, 11) is 0. The Kier molecular flexibility index (Phi) is 4.24. The summed E-state index contributed by atoms with van der Waals surface area (Å²) in [6.45, 7) is 2.28. The molecule has 24 heavy (non-hydrogen) atoms. The Morgan fingerprint density at radius 3 is 2.62 bits per heavy atom. The Morgan fingerprint density at radius 1 is 1.17 bits per heavy atom. The van der Waals surface area contributed by atoms with E-state index in [0.717, 1.165) is 24.3 Å². The molecule has 2 heterocycles. The number of piperidine rings is 1. The van der Waals surface area contributed by atoms with Gasteiger partial charge in [-0.3, -0.25) is 9.89 Å². The van der Waals surface area contributed by atoms with E-state index in [1.54, 1.807) is 0 Å². The predicted molar refractivity (Wildman–Crippen MR) is 95.4 cm³/mol. The van der Waals surface area contributed by atoms with Crippen molar-refractivity contribution >= 4 is 17.4 Å². The lowest BCUT2D eigenvalue weighted by Gasteiger charge is -2.28. The van der Waals surface area contributed by atoms with Crippen LogP contribution in [0.2, 0.25) is 0 Å². The van der Waals surface area contributed by atoms with Gasteiger partial charge < -0.3 is 10.2 Å². The number of rotatable bonds is 5. The van der Waals surface area contributed by atoms with Crippen molar-refractivity contribution in [1.82, 2.24) is 10.2 Å². The summed E-state index contributed by atoms with van der Waals surface area (Å²) >= 11 is 0. The van der Waals surface area contributed by atoms with Crippen LogP contribution < -0.4 is 10.2 Å². The molecule has 126 valence electrons. The molecule has 1 saturated heterocycles. The molecule has 0 spiro atoms. The number of carbonyl (C=O) groups excluding carboxylic acids is 1. The van der Waals surface area contributed by atoms with Crippen molar-refractivity contribution in [2.75, 3.05) is 23.3 Å². The van der Waals surface area contributed by atoms with Gasteiger partial charge in [-0.05, 0) is 49.8 Å². The molecule has 5 nitrogen and oxygen atoms in total. The molecule has 2 fully saturated rings. The summed E-state index contributed by atoms with van der Waals surface area (Å²) in [4.78, 5) is 14.6. The lowest BCUT2D eigenvalue weighted by atomic mass is 10.1.